The largest absolute Gasteiger partial charge is 1.00 e. The maximum absolute atomic E-state index is 13.8. The van der Waals surface area contributed by atoms with Gasteiger partial charge in [0.2, 0.25) is 11.6 Å². The van der Waals surface area contributed by atoms with Crippen LogP contribution in [0.4, 0.5) is 0 Å². The molecule has 4 rings (SSSR count). The molecule has 1 amide bonds. The van der Waals surface area contributed by atoms with Crippen LogP contribution in [0.2, 0.25) is 5.02 Å². The van der Waals surface area contributed by atoms with Crippen LogP contribution in [0.5, 0.6) is 5.75 Å². The molecule has 3 aliphatic rings. The van der Waals surface area contributed by atoms with Crippen molar-refractivity contribution in [1.82, 2.24) is 10.2 Å². The fourth-order valence-electron chi connectivity index (χ4n) is 5.70. The Morgan fingerprint density at radius 1 is 1.22 bits per heavy atom. The van der Waals surface area contributed by atoms with Crippen LogP contribution in [-0.4, -0.2) is 80.4 Å². The molecule has 0 saturated heterocycles. The Bertz CT molecular complexity index is 1240. The zero-order chi connectivity index (χ0) is 26.2. The predicted molar refractivity (Wildman–Crippen MR) is 119 cm³/mol. The smallest absolute Gasteiger partial charge is 0.874 e. The first-order valence-electron chi connectivity index (χ1n) is 10.7. The normalized spacial score (nSPS) is 31.5. The molecule has 0 aliphatic heterocycles. The molecule has 5 atom stereocenters. The molecule has 6 N–H and O–H groups in total. The van der Waals surface area contributed by atoms with Crippen molar-refractivity contribution in [3.05, 3.63) is 45.2 Å². The van der Waals surface area contributed by atoms with Crippen molar-refractivity contribution in [1.29, 1.82) is 0 Å². The van der Waals surface area contributed by atoms with Crippen molar-refractivity contribution in [2.75, 3.05) is 20.8 Å². The number of halogens is 1. The molecular weight excluding hydrogens is 507 g/mol. The molecule has 1 saturated carbocycles. The number of hydrogen-bond acceptors (Lipinski definition) is 10. The van der Waals surface area contributed by atoms with Crippen LogP contribution in [0.25, 0.3) is 5.76 Å². The van der Waals surface area contributed by atoms with E-state index in [-0.39, 0.29) is 52.1 Å². The summed E-state index contributed by atoms with van der Waals surface area (Å²) in [7, 11) is 2.91. The molecular formula is C23H24ClN2NaO9. The molecule has 0 bridgehead atoms. The number of amides is 1. The van der Waals surface area contributed by atoms with Gasteiger partial charge in [-0.25, -0.2) is 0 Å². The van der Waals surface area contributed by atoms with Gasteiger partial charge in [-0.2, -0.15) is 0 Å². The van der Waals surface area contributed by atoms with Crippen molar-refractivity contribution >= 4 is 34.8 Å². The topological polar surface area (TPSA) is 191 Å². The van der Waals surface area contributed by atoms with Gasteiger partial charge in [0.05, 0.1) is 16.7 Å². The van der Waals surface area contributed by atoms with Crippen LogP contribution in [0, 0.1) is 11.8 Å². The van der Waals surface area contributed by atoms with Crippen molar-refractivity contribution in [3.8, 4) is 5.75 Å². The number of phenolic OH excluding ortho intramolecular Hbond substituents is 1. The first-order valence-corrected chi connectivity index (χ1v) is 11.1. The van der Waals surface area contributed by atoms with E-state index in [0.717, 1.165) is 6.07 Å². The molecule has 13 heteroatoms. The van der Waals surface area contributed by atoms with Gasteiger partial charge in [-0.05, 0) is 39.6 Å². The molecule has 0 heterocycles. The molecule has 1 aromatic carbocycles. The van der Waals surface area contributed by atoms with Crippen molar-refractivity contribution in [3.63, 3.8) is 0 Å². The molecule has 1 aromatic rings. The molecule has 188 valence electrons. The molecule has 0 aromatic heterocycles. The second kappa shape index (κ2) is 9.41. The average molecular weight is 531 g/mol. The fraction of sp³-hybridized carbons (Fsp3) is 0.435. The average Bonchev–Trinajstić information content (AvgIpc) is 2.76. The monoisotopic (exact) mass is 530 g/mol. The van der Waals surface area contributed by atoms with Crippen LogP contribution < -0.4 is 40.0 Å². The van der Waals surface area contributed by atoms with Crippen molar-refractivity contribution < 1.29 is 74.6 Å². The number of carbonyl (C=O) groups excluding carboxylic acids is 3. The van der Waals surface area contributed by atoms with Crippen LogP contribution >= 0.6 is 11.6 Å². The Morgan fingerprint density at radius 2 is 1.83 bits per heavy atom. The van der Waals surface area contributed by atoms with E-state index in [1.165, 1.54) is 32.0 Å². The molecule has 0 spiro atoms. The van der Waals surface area contributed by atoms with E-state index in [2.05, 4.69) is 0 Å². The molecule has 3 aliphatic carbocycles. The number of fused-ring (bicyclic) bond motifs is 3. The van der Waals surface area contributed by atoms with E-state index in [0.29, 0.717) is 0 Å². The minimum Gasteiger partial charge on any atom is -0.874 e. The van der Waals surface area contributed by atoms with E-state index >= 15 is 0 Å². The molecule has 36 heavy (non-hydrogen) atoms. The van der Waals surface area contributed by atoms with Gasteiger partial charge in [0.1, 0.15) is 18.2 Å². The van der Waals surface area contributed by atoms with Gasteiger partial charge in [-0.3, -0.25) is 14.4 Å². The van der Waals surface area contributed by atoms with Gasteiger partial charge in [0.25, 0.3) is 5.91 Å². The number of carbonyl (C=O) groups is 3. The van der Waals surface area contributed by atoms with Crippen molar-refractivity contribution in [2.45, 2.75) is 30.6 Å². The maximum atomic E-state index is 13.8. The number of aromatic hydroxyl groups is 1. The third kappa shape index (κ3) is 3.64. The summed E-state index contributed by atoms with van der Waals surface area (Å²) in [6.45, 7) is 0.411. The quantitative estimate of drug-likeness (QED) is 0.0963. The Kier molecular flexibility index (Phi) is 7.48. The van der Waals surface area contributed by atoms with Gasteiger partial charge in [0, 0.05) is 34.0 Å². The summed E-state index contributed by atoms with van der Waals surface area (Å²) >= 11 is 6.28. The predicted octanol–water partition coefficient (Wildman–Crippen LogP) is -4.33. The minimum atomic E-state index is -2.94. The van der Waals surface area contributed by atoms with E-state index in [9.17, 15) is 39.9 Å². The second-order valence-corrected chi connectivity index (χ2v) is 9.76. The molecule has 11 nitrogen and oxygen atoms in total. The van der Waals surface area contributed by atoms with E-state index in [1.807, 2.05) is 5.32 Å². The number of aliphatic hydroxyl groups excluding tert-OH is 2. The number of benzene rings is 1. The fourth-order valence-corrected chi connectivity index (χ4v) is 6.05. The molecule has 0 radical (unpaired) electrons. The minimum absolute atomic E-state index is 0. The van der Waals surface area contributed by atoms with E-state index < -0.39 is 81.7 Å². The van der Waals surface area contributed by atoms with Crippen molar-refractivity contribution in [2.24, 2.45) is 11.8 Å². The van der Waals surface area contributed by atoms with Crippen LogP contribution in [-0.2, 0) is 20.0 Å². The van der Waals surface area contributed by atoms with Crippen LogP contribution in [0.1, 0.15) is 24.5 Å². The summed E-state index contributed by atoms with van der Waals surface area (Å²) in [5, 5.41) is 68.8. The van der Waals surface area contributed by atoms with Gasteiger partial charge in [-0.15, -0.1) is 0 Å². The SMILES string of the molecule is CN(C)[C@@H]1C([O-])=C(C(=O)NCO)C(=O)[C@@]2(O)C(=O)C3=C(O)c4c(O)ccc(Cl)c4[C@@](C)(O)[C@H]3C[C@@H]12.[Na+]. The van der Waals surface area contributed by atoms with E-state index in [4.69, 9.17) is 16.7 Å². The Balaban J connectivity index is 0.00000361. The molecule has 0 unspecified atom stereocenters. The number of nitrogens with one attached hydrogen (secondary N) is 1. The number of nitrogens with zero attached hydrogens (tertiary/aromatic N) is 1. The summed E-state index contributed by atoms with van der Waals surface area (Å²) in [4.78, 5) is 41.0. The number of aliphatic hydroxyl groups is 4. The maximum Gasteiger partial charge on any atom is 1.00 e. The van der Waals surface area contributed by atoms with Gasteiger partial charge in [0.15, 0.2) is 5.60 Å². The third-order valence-corrected chi connectivity index (χ3v) is 7.58. The van der Waals surface area contributed by atoms with Crippen LogP contribution in [0.15, 0.2) is 29.0 Å². The number of Topliss-reactive ketones (excluding diaryl/α,β-unsaturated/α-hetero) is 2. The first-order chi connectivity index (χ1) is 16.2. The van der Waals surface area contributed by atoms with Gasteiger partial charge < -0.3 is 40.9 Å². The zero-order valence-electron chi connectivity index (χ0n) is 20.0. The number of phenols is 1. The van der Waals surface area contributed by atoms with Gasteiger partial charge in [-0.1, -0.05) is 17.4 Å². The number of hydrogen-bond donors (Lipinski definition) is 6. The Labute approximate surface area is 233 Å². The summed E-state index contributed by atoms with van der Waals surface area (Å²) in [5.41, 5.74) is -6.81. The Morgan fingerprint density at radius 3 is 2.39 bits per heavy atom. The summed E-state index contributed by atoms with van der Waals surface area (Å²) < 4.78 is 0. The number of rotatable bonds is 3. The summed E-state index contributed by atoms with van der Waals surface area (Å²) in [6.07, 6.45) is -0.324. The third-order valence-electron chi connectivity index (χ3n) is 7.27. The zero-order valence-corrected chi connectivity index (χ0v) is 22.8. The van der Waals surface area contributed by atoms with E-state index in [1.54, 1.807) is 0 Å². The first kappa shape index (κ1) is 28.6. The summed E-state index contributed by atoms with van der Waals surface area (Å²) in [6, 6.07) is 1.12. The van der Waals surface area contributed by atoms with Crippen LogP contribution in [0.3, 0.4) is 0 Å². The number of ketones is 2. The summed E-state index contributed by atoms with van der Waals surface area (Å²) in [5.74, 6) is -8.90. The van der Waals surface area contributed by atoms with Gasteiger partial charge >= 0.3 is 29.6 Å². The Hall–Kier alpha value is -1.96. The standard InChI is InChI=1S/C23H25ClN2O9.Na/c1-22(34)8-6-9-16(26(2)3)18(30)14(21(33)25-7-27)20(32)23(9,35)19(31)12(8)17(29)13-11(28)5-4-10(24)15(13)22;/h4-5,8-9,16,27-30,34-35H,6-7H2,1-3H3,(H,25,33);/q;+1/p-1/t8-,9-,16-,22-,23-;/m0./s1. The second-order valence-electron chi connectivity index (χ2n) is 9.36. The molecule has 1 fully saturated rings. The number of likely N-dealkylation sites (N-methyl/N-ethyl adjacent to an activating group) is 1.